The van der Waals surface area contributed by atoms with E-state index in [1.165, 1.54) is 11.3 Å². The maximum Gasteiger partial charge on any atom is 0.416 e. The van der Waals surface area contributed by atoms with Crippen LogP contribution in [0.3, 0.4) is 0 Å². The number of β-amino-alcohol motifs (C(OH)–C–C–N with tert-alkyl or cyclic N) is 1. The fourth-order valence-electron chi connectivity index (χ4n) is 4.50. The molecule has 37 heavy (non-hydrogen) atoms. The predicted octanol–water partition coefficient (Wildman–Crippen LogP) is 2.53. The fraction of sp³-hybridized carbons (Fsp3) is 0.320. The Bertz CT molecular complexity index is 1460. The SMILES string of the molecule is OCCN1CCN(c2nc(O)c(/C(Cc3ccc(F)cc3C(F)(F)F)=c3\ccc4c(c3)C=NN=4)s2)CC1. The summed E-state index contributed by atoms with van der Waals surface area (Å²) >= 11 is 1.20. The standard InChI is InChI=1S/C25H23F4N5O2S/c26-18-3-1-16(20(13-18)25(27,28)29)12-19(15-2-4-21-17(11-15)14-30-32-21)22-23(36)31-24(37-22)34-7-5-33(6-8-34)9-10-35/h1-4,11,13-14,35-36H,5-10,12H2/b19-15+. The molecule has 0 spiro atoms. The number of alkyl halides is 3. The largest absolute Gasteiger partial charge is 0.492 e. The number of thiazole rings is 1. The van der Waals surface area contributed by atoms with Crippen LogP contribution in [-0.2, 0) is 12.6 Å². The molecule has 5 rings (SSSR count). The van der Waals surface area contributed by atoms with E-state index < -0.39 is 17.6 Å². The highest BCUT2D eigenvalue weighted by atomic mass is 32.1. The van der Waals surface area contributed by atoms with Crippen LogP contribution in [0.25, 0.3) is 5.57 Å². The summed E-state index contributed by atoms with van der Waals surface area (Å²) in [5.74, 6) is -1.25. The van der Waals surface area contributed by atoms with Gasteiger partial charge in [0, 0.05) is 44.7 Å². The Kier molecular flexibility index (Phi) is 6.97. The lowest BCUT2D eigenvalue weighted by molar-refractivity contribution is -0.138. The van der Waals surface area contributed by atoms with Gasteiger partial charge in [-0.15, -0.1) is 0 Å². The van der Waals surface area contributed by atoms with Gasteiger partial charge < -0.3 is 15.1 Å². The molecule has 0 bridgehead atoms. The van der Waals surface area contributed by atoms with Crippen LogP contribution < -0.4 is 15.5 Å². The Morgan fingerprint density at radius 2 is 1.84 bits per heavy atom. The van der Waals surface area contributed by atoms with Crippen molar-refractivity contribution in [1.82, 2.24) is 9.88 Å². The first-order chi connectivity index (χ1) is 17.7. The summed E-state index contributed by atoms with van der Waals surface area (Å²) < 4.78 is 55.1. The van der Waals surface area contributed by atoms with Gasteiger partial charge in [-0.05, 0) is 40.6 Å². The lowest BCUT2D eigenvalue weighted by atomic mass is 9.96. The molecule has 1 saturated heterocycles. The second-order valence-electron chi connectivity index (χ2n) is 8.77. The van der Waals surface area contributed by atoms with E-state index in [1.807, 2.05) is 4.90 Å². The van der Waals surface area contributed by atoms with Gasteiger partial charge >= 0.3 is 6.18 Å². The van der Waals surface area contributed by atoms with E-state index in [2.05, 4.69) is 20.1 Å². The van der Waals surface area contributed by atoms with Crippen LogP contribution in [-0.4, -0.2) is 65.6 Å². The maximum absolute atomic E-state index is 13.8. The number of aliphatic hydroxyl groups is 1. The first kappa shape index (κ1) is 25.3. The summed E-state index contributed by atoms with van der Waals surface area (Å²) in [5.41, 5.74) is -0.0450. The van der Waals surface area contributed by atoms with E-state index >= 15 is 0 Å². The second-order valence-corrected chi connectivity index (χ2v) is 9.75. The van der Waals surface area contributed by atoms with Crippen molar-refractivity contribution in [2.45, 2.75) is 12.6 Å². The average molecular weight is 534 g/mol. The number of aliphatic hydroxyl groups excluding tert-OH is 1. The third kappa shape index (κ3) is 5.36. The Morgan fingerprint density at radius 1 is 1.05 bits per heavy atom. The number of fused-ring (bicyclic) bond motifs is 1. The van der Waals surface area contributed by atoms with Crippen molar-refractivity contribution in [1.29, 1.82) is 0 Å². The highest BCUT2D eigenvalue weighted by Crippen LogP contribution is 2.39. The van der Waals surface area contributed by atoms with E-state index in [0.29, 0.717) is 70.5 Å². The number of hydrogen-bond donors (Lipinski definition) is 2. The first-order valence-corrected chi connectivity index (χ1v) is 12.4. The minimum Gasteiger partial charge on any atom is -0.492 e. The van der Waals surface area contributed by atoms with Crippen molar-refractivity contribution in [2.24, 2.45) is 10.2 Å². The van der Waals surface area contributed by atoms with Gasteiger partial charge in [-0.3, -0.25) is 4.90 Å². The van der Waals surface area contributed by atoms with Crippen LogP contribution in [0.15, 0.2) is 46.6 Å². The summed E-state index contributed by atoms with van der Waals surface area (Å²) in [6.07, 6.45) is -3.40. The van der Waals surface area contributed by atoms with E-state index in [4.69, 9.17) is 5.11 Å². The zero-order valence-electron chi connectivity index (χ0n) is 19.5. The van der Waals surface area contributed by atoms with Crippen molar-refractivity contribution < 1.29 is 27.8 Å². The van der Waals surface area contributed by atoms with Crippen LogP contribution in [0.1, 0.15) is 21.6 Å². The fourth-order valence-corrected chi connectivity index (χ4v) is 5.57. The van der Waals surface area contributed by atoms with Crippen molar-refractivity contribution in [3.05, 3.63) is 74.4 Å². The third-order valence-electron chi connectivity index (χ3n) is 6.41. The van der Waals surface area contributed by atoms with Crippen LogP contribution in [0.2, 0.25) is 0 Å². The number of benzene rings is 2. The molecule has 0 radical (unpaired) electrons. The minimum absolute atomic E-state index is 0.0720. The Balaban J connectivity index is 1.58. The molecule has 1 aromatic heterocycles. The van der Waals surface area contributed by atoms with Crippen LogP contribution in [0, 0.1) is 5.82 Å². The Morgan fingerprint density at radius 3 is 2.57 bits per heavy atom. The maximum atomic E-state index is 13.8. The van der Waals surface area contributed by atoms with Gasteiger partial charge in [-0.25, -0.2) is 4.39 Å². The summed E-state index contributed by atoms with van der Waals surface area (Å²) in [6, 6.07) is 7.81. The number of anilines is 1. The lowest BCUT2D eigenvalue weighted by Crippen LogP contribution is -2.47. The van der Waals surface area contributed by atoms with Crippen LogP contribution in [0.4, 0.5) is 22.7 Å². The minimum atomic E-state index is -4.75. The smallest absolute Gasteiger partial charge is 0.416 e. The third-order valence-corrected chi connectivity index (χ3v) is 7.58. The van der Waals surface area contributed by atoms with E-state index in [1.54, 1.807) is 24.4 Å². The number of piperazine rings is 1. The van der Waals surface area contributed by atoms with Gasteiger partial charge in [0.1, 0.15) is 5.82 Å². The normalized spacial score (nSPS) is 16.6. The van der Waals surface area contributed by atoms with E-state index in [0.717, 1.165) is 12.1 Å². The highest BCUT2D eigenvalue weighted by Gasteiger charge is 2.34. The van der Waals surface area contributed by atoms with Gasteiger partial charge in [-0.1, -0.05) is 23.5 Å². The molecule has 0 unspecified atom stereocenters. The molecule has 3 heterocycles. The second kappa shape index (κ2) is 10.2. The summed E-state index contributed by atoms with van der Waals surface area (Å²) in [4.78, 5) is 8.80. The number of nitrogens with zero attached hydrogens (tertiary/aromatic N) is 5. The van der Waals surface area contributed by atoms with Crippen molar-refractivity contribution in [3.8, 4) is 5.88 Å². The number of rotatable bonds is 6. The predicted molar refractivity (Wildman–Crippen MR) is 132 cm³/mol. The molecule has 1 fully saturated rings. The molecule has 0 saturated carbocycles. The summed E-state index contributed by atoms with van der Waals surface area (Å²) in [5, 5.41) is 29.7. The molecule has 0 atom stereocenters. The van der Waals surface area contributed by atoms with E-state index in [-0.39, 0.29) is 24.5 Å². The molecule has 2 N–H and O–H groups in total. The van der Waals surface area contributed by atoms with E-state index in [9.17, 15) is 22.7 Å². The summed E-state index contributed by atoms with van der Waals surface area (Å²) in [6.45, 7) is 3.34. The van der Waals surface area contributed by atoms with Gasteiger partial charge in [0.25, 0.3) is 0 Å². The lowest BCUT2D eigenvalue weighted by Gasteiger charge is -2.34. The number of hydrogen-bond acceptors (Lipinski definition) is 8. The molecule has 2 aromatic carbocycles. The molecule has 0 aliphatic carbocycles. The molecule has 3 aromatic rings. The van der Waals surface area contributed by atoms with Crippen molar-refractivity contribution in [2.75, 3.05) is 44.2 Å². The van der Waals surface area contributed by atoms with Gasteiger partial charge in [-0.2, -0.15) is 28.4 Å². The molecule has 7 nitrogen and oxygen atoms in total. The van der Waals surface area contributed by atoms with Crippen molar-refractivity contribution in [3.63, 3.8) is 0 Å². The first-order valence-electron chi connectivity index (χ1n) is 11.6. The molecular weight excluding hydrogens is 510 g/mol. The Labute approximate surface area is 213 Å². The average Bonchev–Trinajstić information content (AvgIpc) is 3.49. The van der Waals surface area contributed by atoms with Gasteiger partial charge in [0.05, 0.1) is 28.6 Å². The molecular formula is C25H23F4N5O2S. The van der Waals surface area contributed by atoms with Gasteiger partial charge in [0.15, 0.2) is 5.13 Å². The quantitative estimate of drug-likeness (QED) is 0.476. The zero-order valence-corrected chi connectivity index (χ0v) is 20.4. The highest BCUT2D eigenvalue weighted by molar-refractivity contribution is 7.17. The van der Waals surface area contributed by atoms with Crippen molar-refractivity contribution >= 4 is 28.3 Å². The molecule has 12 heteroatoms. The molecule has 2 aliphatic rings. The zero-order chi connectivity index (χ0) is 26.2. The topological polar surface area (TPSA) is 84.5 Å². The molecule has 0 amide bonds. The summed E-state index contributed by atoms with van der Waals surface area (Å²) in [7, 11) is 0. The number of halogens is 4. The molecule has 2 aliphatic heterocycles. The molecule has 194 valence electrons. The van der Waals surface area contributed by atoms with Crippen LogP contribution in [0.5, 0.6) is 5.88 Å². The van der Waals surface area contributed by atoms with Gasteiger partial charge in [0.2, 0.25) is 5.88 Å². The Hall–Kier alpha value is -3.35. The number of aromatic nitrogens is 1. The number of aromatic hydroxyl groups is 1. The van der Waals surface area contributed by atoms with Crippen LogP contribution >= 0.6 is 11.3 Å². The monoisotopic (exact) mass is 533 g/mol.